The molecular formula is C16H34N2. The number of nitrogens with one attached hydrogen (secondary N) is 1. The molecule has 0 radical (unpaired) electrons. The van der Waals surface area contributed by atoms with Gasteiger partial charge in [-0.15, -0.1) is 0 Å². The Bertz CT molecular complexity index is 208. The second-order valence-corrected chi connectivity index (χ2v) is 6.83. The highest BCUT2D eigenvalue weighted by Gasteiger charge is 2.19. The Morgan fingerprint density at radius 3 is 2.56 bits per heavy atom. The van der Waals surface area contributed by atoms with Crippen molar-refractivity contribution < 1.29 is 0 Å². The van der Waals surface area contributed by atoms with E-state index in [2.05, 4.69) is 37.9 Å². The Kier molecular flexibility index (Phi) is 7.25. The summed E-state index contributed by atoms with van der Waals surface area (Å²) in [7, 11) is 0. The molecule has 1 fully saturated rings. The molecule has 0 bridgehead atoms. The van der Waals surface area contributed by atoms with E-state index in [0.717, 1.165) is 6.04 Å². The van der Waals surface area contributed by atoms with E-state index in [1.807, 2.05) is 0 Å². The third-order valence-electron chi connectivity index (χ3n) is 4.00. The summed E-state index contributed by atoms with van der Waals surface area (Å²) in [6.45, 7) is 12.9. The second-order valence-electron chi connectivity index (χ2n) is 6.83. The maximum Gasteiger partial charge on any atom is 0.00965 e. The lowest BCUT2D eigenvalue weighted by atomic mass is 9.99. The highest BCUT2D eigenvalue weighted by Crippen LogP contribution is 2.19. The van der Waals surface area contributed by atoms with Crippen LogP contribution in [-0.2, 0) is 0 Å². The van der Waals surface area contributed by atoms with Gasteiger partial charge in [0, 0.05) is 11.6 Å². The summed E-state index contributed by atoms with van der Waals surface area (Å²) in [5.41, 5.74) is 0.278. The van der Waals surface area contributed by atoms with Crippen LogP contribution in [0.25, 0.3) is 0 Å². The summed E-state index contributed by atoms with van der Waals surface area (Å²) in [6, 6.07) is 0.881. The molecule has 0 aliphatic carbocycles. The Morgan fingerprint density at radius 1 is 1.11 bits per heavy atom. The molecule has 1 atom stereocenters. The minimum atomic E-state index is 0.278. The number of hydrogen-bond acceptors (Lipinski definition) is 2. The monoisotopic (exact) mass is 254 g/mol. The van der Waals surface area contributed by atoms with Crippen molar-refractivity contribution in [1.29, 1.82) is 0 Å². The lowest BCUT2D eigenvalue weighted by Crippen LogP contribution is -2.39. The van der Waals surface area contributed by atoms with E-state index in [1.165, 1.54) is 64.6 Å². The zero-order valence-corrected chi connectivity index (χ0v) is 13.1. The number of nitrogens with zero attached hydrogens (tertiary/aromatic N) is 1. The third-order valence-corrected chi connectivity index (χ3v) is 4.00. The first kappa shape index (κ1) is 16.0. The molecule has 1 aliphatic rings. The number of likely N-dealkylation sites (tertiary alicyclic amines) is 1. The largest absolute Gasteiger partial charge is 0.312 e. The smallest absolute Gasteiger partial charge is 0.00965 e. The maximum atomic E-state index is 3.57. The van der Waals surface area contributed by atoms with E-state index >= 15 is 0 Å². The van der Waals surface area contributed by atoms with E-state index in [4.69, 9.17) is 0 Å². The summed E-state index contributed by atoms with van der Waals surface area (Å²) in [4.78, 5) is 2.74. The van der Waals surface area contributed by atoms with Crippen LogP contribution in [0.1, 0.15) is 72.6 Å². The fourth-order valence-corrected chi connectivity index (χ4v) is 2.90. The number of piperidine rings is 1. The van der Waals surface area contributed by atoms with Crippen LogP contribution in [0.4, 0.5) is 0 Å². The summed E-state index contributed by atoms with van der Waals surface area (Å²) in [6.07, 6.45) is 9.71. The lowest BCUT2D eigenvalue weighted by Gasteiger charge is -2.35. The van der Waals surface area contributed by atoms with E-state index in [-0.39, 0.29) is 5.54 Å². The van der Waals surface area contributed by atoms with Crippen molar-refractivity contribution >= 4 is 0 Å². The molecule has 2 heteroatoms. The van der Waals surface area contributed by atoms with Gasteiger partial charge in [-0.3, -0.25) is 0 Å². The van der Waals surface area contributed by atoms with Crippen LogP contribution in [0, 0.1) is 0 Å². The van der Waals surface area contributed by atoms with E-state index in [9.17, 15) is 0 Å². The minimum Gasteiger partial charge on any atom is -0.312 e. The molecule has 1 unspecified atom stereocenters. The van der Waals surface area contributed by atoms with Crippen LogP contribution in [0.15, 0.2) is 0 Å². The molecule has 0 aromatic carbocycles. The molecule has 1 aliphatic heterocycles. The first-order chi connectivity index (χ1) is 8.53. The molecule has 1 saturated heterocycles. The molecule has 1 rings (SSSR count). The van der Waals surface area contributed by atoms with Crippen LogP contribution < -0.4 is 5.32 Å². The number of hydrogen-bond donors (Lipinski definition) is 1. The molecule has 0 amide bonds. The summed E-state index contributed by atoms with van der Waals surface area (Å²) in [5, 5.41) is 3.57. The molecule has 0 saturated carbocycles. The van der Waals surface area contributed by atoms with Crippen molar-refractivity contribution in [2.45, 2.75) is 84.2 Å². The van der Waals surface area contributed by atoms with Gasteiger partial charge in [0.1, 0.15) is 0 Å². The van der Waals surface area contributed by atoms with Gasteiger partial charge in [-0.2, -0.15) is 0 Å². The zero-order chi connectivity index (χ0) is 13.4. The van der Waals surface area contributed by atoms with E-state index in [0.29, 0.717) is 0 Å². The average Bonchev–Trinajstić information content (AvgIpc) is 2.32. The van der Waals surface area contributed by atoms with E-state index < -0.39 is 0 Å². The van der Waals surface area contributed by atoms with Crippen LogP contribution >= 0.6 is 0 Å². The predicted octanol–water partition coefficient (Wildman–Crippen LogP) is 3.81. The van der Waals surface area contributed by atoms with Gasteiger partial charge in [-0.05, 0) is 72.5 Å². The molecule has 1 heterocycles. The fraction of sp³-hybridized carbons (Fsp3) is 1.00. The van der Waals surface area contributed by atoms with Crippen LogP contribution in [-0.4, -0.2) is 36.1 Å². The van der Waals surface area contributed by atoms with Gasteiger partial charge in [0.05, 0.1) is 0 Å². The average molecular weight is 254 g/mol. The van der Waals surface area contributed by atoms with Gasteiger partial charge in [0.2, 0.25) is 0 Å². The topological polar surface area (TPSA) is 15.3 Å². The number of rotatable bonds is 7. The second kappa shape index (κ2) is 8.16. The Labute approximate surface area is 115 Å². The molecule has 0 spiro atoms. The Hall–Kier alpha value is -0.0800. The number of unbranched alkanes of at least 4 members (excludes halogenated alkanes) is 2. The molecule has 0 aromatic rings. The zero-order valence-electron chi connectivity index (χ0n) is 13.1. The van der Waals surface area contributed by atoms with E-state index in [1.54, 1.807) is 0 Å². The quantitative estimate of drug-likeness (QED) is 0.695. The molecule has 2 nitrogen and oxygen atoms in total. The highest BCUT2D eigenvalue weighted by molar-refractivity contribution is 4.75. The normalized spacial score (nSPS) is 22.3. The van der Waals surface area contributed by atoms with Crippen molar-refractivity contribution in [2.24, 2.45) is 0 Å². The predicted molar refractivity (Wildman–Crippen MR) is 81.1 cm³/mol. The molecule has 1 N–H and O–H groups in total. The molecule has 18 heavy (non-hydrogen) atoms. The van der Waals surface area contributed by atoms with Gasteiger partial charge in [-0.1, -0.05) is 19.8 Å². The van der Waals surface area contributed by atoms with Crippen molar-refractivity contribution in [3.8, 4) is 0 Å². The first-order valence-electron chi connectivity index (χ1n) is 8.02. The van der Waals surface area contributed by atoms with Gasteiger partial charge >= 0.3 is 0 Å². The van der Waals surface area contributed by atoms with Crippen LogP contribution in [0.5, 0.6) is 0 Å². The van der Waals surface area contributed by atoms with Crippen molar-refractivity contribution in [1.82, 2.24) is 10.2 Å². The van der Waals surface area contributed by atoms with Crippen molar-refractivity contribution in [2.75, 3.05) is 19.6 Å². The van der Waals surface area contributed by atoms with Gasteiger partial charge in [0.25, 0.3) is 0 Å². The van der Waals surface area contributed by atoms with Gasteiger partial charge in [-0.25, -0.2) is 0 Å². The summed E-state index contributed by atoms with van der Waals surface area (Å²) in [5.74, 6) is 0. The Morgan fingerprint density at radius 2 is 1.89 bits per heavy atom. The SMILES string of the molecule is CCC1CCCCN1CCCCCNC(C)(C)C. The standard InChI is InChI=1S/C16H34N2/c1-5-15-11-7-10-14-18(15)13-9-6-8-12-17-16(2,3)4/h15,17H,5-14H2,1-4H3. The Balaban J connectivity index is 2.03. The first-order valence-corrected chi connectivity index (χ1v) is 8.02. The maximum absolute atomic E-state index is 3.57. The van der Waals surface area contributed by atoms with Crippen LogP contribution in [0.3, 0.4) is 0 Å². The van der Waals surface area contributed by atoms with Crippen molar-refractivity contribution in [3.05, 3.63) is 0 Å². The summed E-state index contributed by atoms with van der Waals surface area (Å²) < 4.78 is 0. The molecular weight excluding hydrogens is 220 g/mol. The highest BCUT2D eigenvalue weighted by atomic mass is 15.2. The van der Waals surface area contributed by atoms with Crippen molar-refractivity contribution in [3.63, 3.8) is 0 Å². The molecule has 0 aromatic heterocycles. The van der Waals surface area contributed by atoms with Gasteiger partial charge < -0.3 is 10.2 Å². The summed E-state index contributed by atoms with van der Waals surface area (Å²) >= 11 is 0. The fourth-order valence-electron chi connectivity index (χ4n) is 2.90. The molecule has 108 valence electrons. The lowest BCUT2D eigenvalue weighted by molar-refractivity contribution is 0.141. The van der Waals surface area contributed by atoms with Gasteiger partial charge in [0.15, 0.2) is 0 Å². The third kappa shape index (κ3) is 6.75. The van der Waals surface area contributed by atoms with Crippen LogP contribution in [0.2, 0.25) is 0 Å². The minimum absolute atomic E-state index is 0.278.